The van der Waals surface area contributed by atoms with Crippen LogP contribution in [0.15, 0.2) is 83.4 Å². The molecule has 5 rings (SSSR count). The van der Waals surface area contributed by atoms with Crippen molar-refractivity contribution < 1.29 is 28.7 Å². The quantitative estimate of drug-likeness (QED) is 0.273. The number of carboxylic acids is 1. The predicted octanol–water partition coefficient (Wildman–Crippen LogP) is 6.87. The number of aryl methyl sites for hydroxylation is 1. The molecule has 1 fully saturated rings. The van der Waals surface area contributed by atoms with E-state index in [1.165, 1.54) is 0 Å². The van der Waals surface area contributed by atoms with Gasteiger partial charge >= 0.3 is 12.1 Å². The minimum absolute atomic E-state index is 0.404. The molecule has 0 saturated heterocycles. The third-order valence-electron chi connectivity index (χ3n) is 6.56. The van der Waals surface area contributed by atoms with Crippen LogP contribution in [0.5, 0.6) is 11.5 Å². The van der Waals surface area contributed by atoms with Crippen LogP contribution in [0.3, 0.4) is 0 Å². The number of nitrogens with one attached hydrogen (secondary N) is 1. The van der Waals surface area contributed by atoms with Gasteiger partial charge in [0.15, 0.2) is 5.76 Å². The minimum Gasteiger partial charge on any atom is -0.481 e. The van der Waals surface area contributed by atoms with Gasteiger partial charge in [-0.25, -0.2) is 4.79 Å². The molecule has 0 bridgehead atoms. The summed E-state index contributed by atoms with van der Waals surface area (Å²) in [7, 11) is 0. The standard InChI is InChI=1S/C29H26N2O6/c1-18-25(30-28(34)35-19(2)20-6-4-3-5-7-20)26(37-31-18)21-8-12-23(13-9-21)36-24-14-10-22(11-15-24)29(16-17-29)27(32)33/h3-15,19H,16-17H2,1-2H3,(H,30,34)(H,32,33)/t19-/m1/s1. The molecule has 1 aliphatic carbocycles. The number of carbonyl (C=O) groups is 2. The fourth-order valence-corrected chi connectivity index (χ4v) is 4.20. The Hall–Kier alpha value is -4.59. The number of aliphatic carboxylic acids is 1. The van der Waals surface area contributed by atoms with Crippen LogP contribution >= 0.6 is 0 Å². The molecule has 1 aromatic heterocycles. The number of carbonyl (C=O) groups excluding carboxylic acids is 1. The van der Waals surface area contributed by atoms with Crippen molar-refractivity contribution in [3.8, 4) is 22.8 Å². The van der Waals surface area contributed by atoms with Crippen molar-refractivity contribution in [2.75, 3.05) is 5.32 Å². The van der Waals surface area contributed by atoms with Gasteiger partial charge in [-0.1, -0.05) is 47.6 Å². The summed E-state index contributed by atoms with van der Waals surface area (Å²) in [5.41, 5.74) is 2.59. The van der Waals surface area contributed by atoms with Crippen LogP contribution in [0.1, 0.15) is 42.7 Å². The van der Waals surface area contributed by atoms with Crippen molar-refractivity contribution in [2.24, 2.45) is 0 Å². The summed E-state index contributed by atoms with van der Waals surface area (Å²) in [6.07, 6.45) is 0.287. The Kier molecular flexibility index (Phi) is 6.40. The van der Waals surface area contributed by atoms with Crippen LogP contribution < -0.4 is 10.1 Å². The summed E-state index contributed by atoms with van der Waals surface area (Å²) in [5, 5.41) is 16.2. The van der Waals surface area contributed by atoms with Gasteiger partial charge in [-0.2, -0.15) is 0 Å². The highest BCUT2D eigenvalue weighted by atomic mass is 16.6. The number of carboxylic acid groups (broad SMARTS) is 1. The number of benzene rings is 3. The van der Waals surface area contributed by atoms with Crippen molar-refractivity contribution in [3.63, 3.8) is 0 Å². The first-order valence-electron chi connectivity index (χ1n) is 12.0. The summed E-state index contributed by atoms with van der Waals surface area (Å²) >= 11 is 0. The maximum Gasteiger partial charge on any atom is 0.412 e. The molecule has 1 atom stereocenters. The lowest BCUT2D eigenvalue weighted by Crippen LogP contribution is -2.19. The fraction of sp³-hybridized carbons (Fsp3) is 0.207. The molecule has 8 nitrogen and oxygen atoms in total. The Bertz CT molecular complexity index is 1410. The molecule has 4 aromatic rings. The summed E-state index contributed by atoms with van der Waals surface area (Å²) < 4.78 is 16.9. The van der Waals surface area contributed by atoms with Crippen molar-refractivity contribution in [1.82, 2.24) is 5.16 Å². The SMILES string of the molecule is Cc1noc(-c2ccc(Oc3ccc(C4(C(=O)O)CC4)cc3)cc2)c1NC(=O)O[C@H](C)c1ccccc1. The lowest BCUT2D eigenvalue weighted by Gasteiger charge is -2.14. The molecule has 1 amide bonds. The Labute approximate surface area is 213 Å². The number of hydrogen-bond acceptors (Lipinski definition) is 6. The van der Waals surface area contributed by atoms with E-state index in [2.05, 4.69) is 10.5 Å². The van der Waals surface area contributed by atoms with Crippen molar-refractivity contribution in [2.45, 2.75) is 38.2 Å². The second kappa shape index (κ2) is 9.81. The van der Waals surface area contributed by atoms with Gasteiger partial charge < -0.3 is 19.1 Å². The number of ether oxygens (including phenoxy) is 2. The van der Waals surface area contributed by atoms with Gasteiger partial charge in [-0.3, -0.25) is 10.1 Å². The van der Waals surface area contributed by atoms with Crippen LogP contribution in [0.2, 0.25) is 0 Å². The second-order valence-corrected chi connectivity index (χ2v) is 9.09. The van der Waals surface area contributed by atoms with Gasteiger partial charge in [0.05, 0.1) is 5.41 Å². The van der Waals surface area contributed by atoms with E-state index in [9.17, 15) is 14.7 Å². The first-order valence-corrected chi connectivity index (χ1v) is 12.0. The molecule has 0 unspecified atom stereocenters. The first-order chi connectivity index (χ1) is 17.9. The molecule has 188 valence electrons. The van der Waals surface area contributed by atoms with Crippen LogP contribution in [-0.4, -0.2) is 22.3 Å². The van der Waals surface area contributed by atoms with Crippen molar-refractivity contribution >= 4 is 17.7 Å². The monoisotopic (exact) mass is 498 g/mol. The molecule has 1 heterocycles. The fourth-order valence-electron chi connectivity index (χ4n) is 4.20. The summed E-state index contributed by atoms with van der Waals surface area (Å²) in [5.74, 6) is 0.817. The number of rotatable bonds is 8. The van der Waals surface area contributed by atoms with Gasteiger partial charge in [0.2, 0.25) is 0 Å². The third-order valence-corrected chi connectivity index (χ3v) is 6.56. The lowest BCUT2D eigenvalue weighted by molar-refractivity contribution is -0.140. The number of anilines is 1. The van der Waals surface area contributed by atoms with E-state index in [-0.39, 0.29) is 0 Å². The molecule has 0 spiro atoms. The summed E-state index contributed by atoms with van der Waals surface area (Å²) in [6, 6.07) is 23.8. The van der Waals surface area contributed by atoms with Crippen LogP contribution in [0.4, 0.5) is 10.5 Å². The molecule has 0 aliphatic heterocycles. The van der Waals surface area contributed by atoms with Crippen molar-refractivity contribution in [3.05, 3.63) is 95.7 Å². The Balaban J connectivity index is 1.25. The molecule has 3 aromatic carbocycles. The molecule has 37 heavy (non-hydrogen) atoms. The highest BCUT2D eigenvalue weighted by molar-refractivity contribution is 5.91. The van der Waals surface area contributed by atoms with Gasteiger partial charge in [-0.05, 0) is 74.2 Å². The summed E-state index contributed by atoms with van der Waals surface area (Å²) in [4.78, 5) is 24.1. The maximum absolute atomic E-state index is 12.6. The molecule has 1 aliphatic rings. The normalized spacial score (nSPS) is 14.4. The van der Waals surface area contributed by atoms with Gasteiger partial charge in [0, 0.05) is 5.56 Å². The zero-order valence-electron chi connectivity index (χ0n) is 20.4. The Morgan fingerprint density at radius 3 is 2.19 bits per heavy atom. The van der Waals surface area contributed by atoms with E-state index in [1.807, 2.05) is 30.3 Å². The molecule has 2 N–H and O–H groups in total. The largest absolute Gasteiger partial charge is 0.481 e. The van der Waals surface area contributed by atoms with Crippen molar-refractivity contribution in [1.29, 1.82) is 0 Å². The first kappa shape index (κ1) is 24.1. The van der Waals surface area contributed by atoms with E-state index in [0.29, 0.717) is 47.0 Å². The molecule has 1 saturated carbocycles. The average molecular weight is 499 g/mol. The Morgan fingerprint density at radius 2 is 1.59 bits per heavy atom. The van der Waals surface area contributed by atoms with E-state index >= 15 is 0 Å². The van der Waals surface area contributed by atoms with Gasteiger partial charge in [0.1, 0.15) is 29.0 Å². The predicted molar refractivity (Wildman–Crippen MR) is 137 cm³/mol. The number of amides is 1. The summed E-state index contributed by atoms with van der Waals surface area (Å²) in [6.45, 7) is 3.54. The second-order valence-electron chi connectivity index (χ2n) is 9.09. The molecular formula is C29H26N2O6. The zero-order valence-corrected chi connectivity index (χ0v) is 20.4. The third kappa shape index (κ3) is 5.04. The van der Waals surface area contributed by atoms with E-state index in [1.54, 1.807) is 62.4 Å². The maximum atomic E-state index is 12.6. The highest BCUT2D eigenvalue weighted by Crippen LogP contribution is 2.48. The number of aromatic nitrogens is 1. The number of nitrogens with zero attached hydrogens (tertiary/aromatic N) is 1. The zero-order chi connectivity index (χ0) is 26.0. The van der Waals surface area contributed by atoms with Gasteiger partial charge in [0.25, 0.3) is 0 Å². The molecule has 8 heteroatoms. The Morgan fingerprint density at radius 1 is 0.973 bits per heavy atom. The lowest BCUT2D eigenvalue weighted by atomic mass is 9.96. The van der Waals surface area contributed by atoms with Crippen LogP contribution in [0, 0.1) is 6.92 Å². The smallest absolute Gasteiger partial charge is 0.412 e. The van der Waals surface area contributed by atoms with Crippen LogP contribution in [-0.2, 0) is 14.9 Å². The highest BCUT2D eigenvalue weighted by Gasteiger charge is 2.51. The average Bonchev–Trinajstić information content (AvgIpc) is 3.65. The number of hydrogen-bond donors (Lipinski definition) is 2. The van der Waals surface area contributed by atoms with E-state index in [0.717, 1.165) is 11.1 Å². The van der Waals surface area contributed by atoms with E-state index in [4.69, 9.17) is 14.0 Å². The van der Waals surface area contributed by atoms with E-state index < -0.39 is 23.6 Å². The van der Waals surface area contributed by atoms with Gasteiger partial charge in [-0.15, -0.1) is 0 Å². The molecule has 0 radical (unpaired) electrons. The topological polar surface area (TPSA) is 111 Å². The molecular weight excluding hydrogens is 472 g/mol. The minimum atomic E-state index is -0.785. The van der Waals surface area contributed by atoms with Crippen LogP contribution in [0.25, 0.3) is 11.3 Å².